The molecule has 0 amide bonds. The molecule has 1 atom stereocenters. The molecule has 1 aliphatic heterocycles. The van der Waals surface area contributed by atoms with Crippen LogP contribution in [0.2, 0.25) is 0 Å². The summed E-state index contributed by atoms with van der Waals surface area (Å²) in [6.45, 7) is 5.05. The maximum Gasteiger partial charge on any atom is 0.191 e. The van der Waals surface area contributed by atoms with Gasteiger partial charge in [0, 0.05) is 49.2 Å². The van der Waals surface area contributed by atoms with Crippen LogP contribution in [0.15, 0.2) is 53.7 Å². The zero-order valence-corrected chi connectivity index (χ0v) is 18.4. The summed E-state index contributed by atoms with van der Waals surface area (Å²) in [6, 6.07) is 14.8. The third kappa shape index (κ3) is 5.58. The molecule has 0 aliphatic carbocycles. The van der Waals surface area contributed by atoms with Crippen LogP contribution in [0, 0.1) is 6.92 Å². The van der Waals surface area contributed by atoms with Crippen molar-refractivity contribution in [3.05, 3.63) is 65.4 Å². The number of nitrogens with zero attached hydrogens (tertiary/aromatic N) is 1. The number of aromatic nitrogens is 1. The van der Waals surface area contributed by atoms with Crippen LogP contribution in [-0.2, 0) is 17.7 Å². The Morgan fingerprint density at radius 2 is 2.10 bits per heavy atom. The van der Waals surface area contributed by atoms with Gasteiger partial charge in [0.2, 0.25) is 0 Å². The maximum absolute atomic E-state index is 6.20. The Labute approximate surface area is 184 Å². The molecule has 1 unspecified atom stereocenters. The number of aromatic amines is 1. The van der Waals surface area contributed by atoms with Crippen molar-refractivity contribution in [2.45, 2.75) is 38.8 Å². The van der Waals surface area contributed by atoms with E-state index < -0.39 is 0 Å². The highest BCUT2D eigenvalue weighted by molar-refractivity contribution is 5.83. The second-order valence-electron chi connectivity index (χ2n) is 8.03. The van der Waals surface area contributed by atoms with Gasteiger partial charge in [-0.3, -0.25) is 4.99 Å². The van der Waals surface area contributed by atoms with Crippen LogP contribution in [0.25, 0.3) is 10.9 Å². The number of hydrogen-bond acceptors (Lipinski definition) is 3. The smallest absolute Gasteiger partial charge is 0.191 e. The van der Waals surface area contributed by atoms with E-state index in [0.29, 0.717) is 13.2 Å². The summed E-state index contributed by atoms with van der Waals surface area (Å²) < 4.78 is 11.6. The topological polar surface area (TPSA) is 70.7 Å². The summed E-state index contributed by atoms with van der Waals surface area (Å²) >= 11 is 0. The van der Waals surface area contributed by atoms with Gasteiger partial charge in [-0.1, -0.05) is 30.3 Å². The second-order valence-corrected chi connectivity index (χ2v) is 8.03. The van der Waals surface area contributed by atoms with Gasteiger partial charge in [-0.05, 0) is 43.0 Å². The van der Waals surface area contributed by atoms with Gasteiger partial charge >= 0.3 is 0 Å². The first kappa shape index (κ1) is 21.2. The monoisotopic (exact) mass is 420 g/mol. The SMILES string of the molecule is CN=C(NCCCc1c[nH]c2ccccc12)NCc1ccc(C)cc1OC1CCOC1. The van der Waals surface area contributed by atoms with E-state index in [1.54, 1.807) is 7.05 Å². The molecule has 3 aromatic rings. The highest BCUT2D eigenvalue weighted by Crippen LogP contribution is 2.24. The summed E-state index contributed by atoms with van der Waals surface area (Å²) in [5, 5.41) is 8.15. The van der Waals surface area contributed by atoms with Crippen molar-refractivity contribution in [1.82, 2.24) is 15.6 Å². The molecule has 0 radical (unpaired) electrons. The molecular weight excluding hydrogens is 388 g/mol. The lowest BCUT2D eigenvalue weighted by molar-refractivity contribution is 0.140. The van der Waals surface area contributed by atoms with Gasteiger partial charge in [-0.25, -0.2) is 0 Å². The van der Waals surface area contributed by atoms with E-state index in [4.69, 9.17) is 9.47 Å². The van der Waals surface area contributed by atoms with E-state index in [0.717, 1.165) is 49.7 Å². The molecule has 0 saturated carbocycles. The highest BCUT2D eigenvalue weighted by atomic mass is 16.5. The third-order valence-electron chi connectivity index (χ3n) is 5.66. The van der Waals surface area contributed by atoms with Gasteiger partial charge < -0.3 is 25.1 Å². The van der Waals surface area contributed by atoms with Crippen LogP contribution in [0.3, 0.4) is 0 Å². The van der Waals surface area contributed by atoms with Crippen LogP contribution < -0.4 is 15.4 Å². The van der Waals surface area contributed by atoms with Gasteiger partial charge in [0.25, 0.3) is 0 Å². The van der Waals surface area contributed by atoms with E-state index in [1.807, 2.05) is 0 Å². The number of para-hydroxylation sites is 1. The van der Waals surface area contributed by atoms with Crippen LogP contribution in [0.5, 0.6) is 5.75 Å². The van der Waals surface area contributed by atoms with Gasteiger partial charge in [-0.2, -0.15) is 0 Å². The molecule has 1 saturated heterocycles. The fourth-order valence-corrected chi connectivity index (χ4v) is 3.93. The average Bonchev–Trinajstić information content (AvgIpc) is 3.44. The number of H-pyrrole nitrogens is 1. The van der Waals surface area contributed by atoms with Gasteiger partial charge in [-0.15, -0.1) is 0 Å². The molecule has 0 bridgehead atoms. The lowest BCUT2D eigenvalue weighted by Gasteiger charge is -2.18. The van der Waals surface area contributed by atoms with Crippen molar-refractivity contribution in [3.8, 4) is 5.75 Å². The fraction of sp³-hybridized carbons (Fsp3) is 0.400. The van der Waals surface area contributed by atoms with Gasteiger partial charge in [0.1, 0.15) is 11.9 Å². The van der Waals surface area contributed by atoms with Crippen molar-refractivity contribution >= 4 is 16.9 Å². The summed E-state index contributed by atoms with van der Waals surface area (Å²) in [5.41, 5.74) is 4.87. The van der Waals surface area contributed by atoms with Crippen molar-refractivity contribution < 1.29 is 9.47 Å². The Morgan fingerprint density at radius 1 is 1.19 bits per heavy atom. The normalized spacial score (nSPS) is 16.6. The lowest BCUT2D eigenvalue weighted by Crippen LogP contribution is -2.37. The molecule has 2 aromatic carbocycles. The molecule has 4 rings (SSSR count). The minimum absolute atomic E-state index is 0.141. The molecule has 1 aromatic heterocycles. The molecule has 164 valence electrons. The molecule has 0 spiro atoms. The number of hydrogen-bond donors (Lipinski definition) is 3. The molecule has 3 N–H and O–H groups in total. The van der Waals surface area contributed by atoms with Gasteiger partial charge in [0.05, 0.1) is 13.2 Å². The maximum atomic E-state index is 6.20. The second kappa shape index (κ2) is 10.4. The number of aliphatic imine (C=N–C) groups is 1. The van der Waals surface area contributed by atoms with E-state index >= 15 is 0 Å². The molecule has 6 nitrogen and oxygen atoms in total. The van der Waals surface area contributed by atoms with Crippen molar-refractivity contribution in [1.29, 1.82) is 0 Å². The largest absolute Gasteiger partial charge is 0.488 e. The molecule has 31 heavy (non-hydrogen) atoms. The molecule has 1 aliphatic rings. The summed E-state index contributed by atoms with van der Waals surface area (Å²) in [7, 11) is 1.80. The van der Waals surface area contributed by atoms with Crippen LogP contribution in [-0.4, -0.2) is 43.9 Å². The Bertz CT molecular complexity index is 1020. The Morgan fingerprint density at radius 3 is 2.94 bits per heavy atom. The Kier molecular flexibility index (Phi) is 7.10. The number of ether oxygens (including phenoxy) is 2. The van der Waals surface area contributed by atoms with Crippen molar-refractivity contribution in [3.63, 3.8) is 0 Å². The standard InChI is InChI=1S/C25H32N4O2/c1-18-9-10-20(24(14-18)31-21-11-13-30-17-21)16-29-25(26-2)27-12-5-6-19-15-28-23-8-4-3-7-22(19)23/h3-4,7-10,14-15,21,28H,5-6,11-13,16-17H2,1-2H3,(H2,26,27,29). The molecular formula is C25H32N4O2. The van der Waals surface area contributed by atoms with Crippen LogP contribution >= 0.6 is 0 Å². The minimum atomic E-state index is 0.141. The average molecular weight is 421 g/mol. The van der Waals surface area contributed by atoms with Crippen molar-refractivity contribution in [2.24, 2.45) is 4.99 Å². The molecule has 6 heteroatoms. The number of nitrogens with one attached hydrogen (secondary N) is 3. The highest BCUT2D eigenvalue weighted by Gasteiger charge is 2.18. The van der Waals surface area contributed by atoms with Crippen LogP contribution in [0.1, 0.15) is 29.5 Å². The summed E-state index contributed by atoms with van der Waals surface area (Å²) in [6.07, 6.45) is 5.26. The zero-order valence-electron chi connectivity index (χ0n) is 18.4. The number of aryl methyl sites for hydroxylation is 2. The number of rotatable bonds is 8. The van der Waals surface area contributed by atoms with Gasteiger partial charge in [0.15, 0.2) is 5.96 Å². The minimum Gasteiger partial charge on any atom is -0.488 e. The first-order valence-electron chi connectivity index (χ1n) is 11.1. The summed E-state index contributed by atoms with van der Waals surface area (Å²) in [4.78, 5) is 7.71. The van der Waals surface area contributed by atoms with E-state index in [1.165, 1.54) is 22.0 Å². The summed E-state index contributed by atoms with van der Waals surface area (Å²) in [5.74, 6) is 1.73. The fourth-order valence-electron chi connectivity index (χ4n) is 3.93. The third-order valence-corrected chi connectivity index (χ3v) is 5.66. The first-order valence-corrected chi connectivity index (χ1v) is 11.1. The number of guanidine groups is 1. The molecule has 2 heterocycles. The Balaban J connectivity index is 1.27. The first-order chi connectivity index (χ1) is 15.2. The quantitative estimate of drug-likeness (QED) is 0.293. The Hall–Kier alpha value is -2.99. The predicted octanol–water partition coefficient (Wildman–Crippen LogP) is 3.94. The number of benzene rings is 2. The molecule has 1 fully saturated rings. The van der Waals surface area contributed by atoms with E-state index in [9.17, 15) is 0 Å². The van der Waals surface area contributed by atoms with Crippen LogP contribution in [0.4, 0.5) is 0 Å². The number of fused-ring (bicyclic) bond motifs is 1. The van der Waals surface area contributed by atoms with E-state index in [-0.39, 0.29) is 6.10 Å². The van der Waals surface area contributed by atoms with E-state index in [2.05, 4.69) is 76.2 Å². The zero-order chi connectivity index (χ0) is 21.5. The predicted molar refractivity (Wildman–Crippen MR) is 126 cm³/mol. The van der Waals surface area contributed by atoms with Crippen molar-refractivity contribution in [2.75, 3.05) is 26.8 Å². The lowest BCUT2D eigenvalue weighted by atomic mass is 10.1.